The predicted octanol–water partition coefficient (Wildman–Crippen LogP) is 7.86. The molecular formula is C34H26F3NO3. The Kier molecular flexibility index (Phi) is 6.95. The molecule has 0 aliphatic heterocycles. The van der Waals surface area contributed by atoms with Crippen molar-refractivity contribution >= 4 is 22.8 Å². The van der Waals surface area contributed by atoms with Crippen LogP contribution in [0.25, 0.3) is 22.0 Å². The number of ether oxygens (including phenoxy) is 1. The maximum Gasteiger partial charge on any atom is 0.416 e. The molecule has 1 unspecified atom stereocenters. The van der Waals surface area contributed by atoms with Gasteiger partial charge in [-0.05, 0) is 77.9 Å². The third-order valence-electron chi connectivity index (χ3n) is 7.67. The molecule has 0 N–H and O–H groups in total. The second-order valence-electron chi connectivity index (χ2n) is 10.3. The first-order chi connectivity index (χ1) is 19.8. The van der Waals surface area contributed by atoms with Crippen molar-refractivity contribution in [2.75, 3.05) is 0 Å². The number of aromatic nitrogens is 1. The van der Waals surface area contributed by atoms with Crippen molar-refractivity contribution < 1.29 is 27.5 Å². The maximum absolute atomic E-state index is 13.7. The van der Waals surface area contributed by atoms with Crippen LogP contribution in [0, 0.1) is 5.92 Å². The predicted molar refractivity (Wildman–Crippen MR) is 150 cm³/mol. The quantitative estimate of drug-likeness (QED) is 0.208. The summed E-state index contributed by atoms with van der Waals surface area (Å²) in [5.41, 5.74) is 4.06. The van der Waals surface area contributed by atoms with Crippen molar-refractivity contribution in [1.29, 1.82) is 0 Å². The molecular weight excluding hydrogens is 527 g/mol. The molecule has 4 nitrogen and oxygen atoms in total. The zero-order chi connectivity index (χ0) is 28.6. The van der Waals surface area contributed by atoms with Crippen LogP contribution in [0.15, 0.2) is 103 Å². The Morgan fingerprint density at radius 1 is 0.829 bits per heavy atom. The van der Waals surface area contributed by atoms with Crippen LogP contribution in [0.2, 0.25) is 0 Å². The Bertz CT molecular complexity index is 1740. The summed E-state index contributed by atoms with van der Waals surface area (Å²) in [6, 6.07) is 29.0. The summed E-state index contributed by atoms with van der Waals surface area (Å²) < 4.78 is 47.6. The monoisotopic (exact) mass is 553 g/mol. The molecule has 41 heavy (non-hydrogen) atoms. The van der Waals surface area contributed by atoms with Gasteiger partial charge < -0.3 is 4.74 Å². The van der Waals surface area contributed by atoms with E-state index >= 15 is 0 Å². The Hall–Kier alpha value is -4.65. The normalized spacial score (nSPS) is 15.0. The largest absolute Gasteiger partial charge is 0.461 e. The highest BCUT2D eigenvalue weighted by molar-refractivity contribution is 6.05. The summed E-state index contributed by atoms with van der Waals surface area (Å²) in [7, 11) is 0. The SMILES string of the molecule is O=C(OCc1ccccc1)C1CCc2c(c3cc(-c4cccc(C(F)(F)F)c4)ccc3n2C(=O)c2ccccc2)C1. The van der Waals surface area contributed by atoms with Crippen molar-refractivity contribution in [1.82, 2.24) is 4.57 Å². The van der Waals surface area contributed by atoms with Crippen LogP contribution in [0.3, 0.4) is 0 Å². The number of alkyl halides is 3. The number of carbonyl (C=O) groups excluding carboxylic acids is 2. The zero-order valence-electron chi connectivity index (χ0n) is 22.0. The second kappa shape index (κ2) is 10.7. The van der Waals surface area contributed by atoms with E-state index in [4.69, 9.17) is 4.74 Å². The first-order valence-corrected chi connectivity index (χ1v) is 13.4. The molecule has 5 aromatic rings. The van der Waals surface area contributed by atoms with Crippen molar-refractivity contribution in [3.8, 4) is 11.1 Å². The molecule has 0 bridgehead atoms. The summed E-state index contributed by atoms with van der Waals surface area (Å²) >= 11 is 0. The van der Waals surface area contributed by atoms with Crippen LogP contribution in [0.5, 0.6) is 0 Å². The van der Waals surface area contributed by atoms with Crippen LogP contribution >= 0.6 is 0 Å². The summed E-state index contributed by atoms with van der Waals surface area (Å²) in [4.78, 5) is 26.8. The van der Waals surface area contributed by atoms with Crippen LogP contribution in [0.1, 0.15) is 39.2 Å². The second-order valence-corrected chi connectivity index (χ2v) is 10.3. The van der Waals surface area contributed by atoms with Gasteiger partial charge in [0.05, 0.1) is 17.0 Å². The number of rotatable bonds is 5. The van der Waals surface area contributed by atoms with Crippen molar-refractivity contribution in [3.63, 3.8) is 0 Å². The summed E-state index contributed by atoms with van der Waals surface area (Å²) in [6.45, 7) is 0.178. The summed E-state index contributed by atoms with van der Waals surface area (Å²) in [5.74, 6) is -0.883. The fourth-order valence-corrected chi connectivity index (χ4v) is 5.60. The van der Waals surface area contributed by atoms with Gasteiger partial charge in [0.2, 0.25) is 0 Å². The van der Waals surface area contributed by atoms with E-state index in [-0.39, 0.29) is 18.5 Å². The van der Waals surface area contributed by atoms with E-state index in [0.29, 0.717) is 41.5 Å². The first-order valence-electron chi connectivity index (χ1n) is 13.4. The van der Waals surface area contributed by atoms with E-state index in [1.807, 2.05) is 42.5 Å². The Labute approximate surface area is 235 Å². The molecule has 0 saturated carbocycles. The van der Waals surface area contributed by atoms with Gasteiger partial charge in [-0.25, -0.2) is 0 Å². The molecule has 0 fully saturated rings. The maximum atomic E-state index is 13.7. The Morgan fingerprint density at radius 3 is 2.27 bits per heavy atom. The molecule has 1 aromatic heterocycles. The lowest BCUT2D eigenvalue weighted by Gasteiger charge is -2.22. The van der Waals surface area contributed by atoms with Crippen molar-refractivity contribution in [2.24, 2.45) is 5.92 Å². The number of esters is 1. The van der Waals surface area contributed by atoms with Gasteiger partial charge in [0.25, 0.3) is 5.91 Å². The third kappa shape index (κ3) is 5.27. The van der Waals surface area contributed by atoms with Crippen LogP contribution < -0.4 is 0 Å². The van der Waals surface area contributed by atoms with Gasteiger partial charge in [0.1, 0.15) is 6.61 Å². The Morgan fingerprint density at radius 2 is 1.54 bits per heavy atom. The molecule has 1 aliphatic rings. The van der Waals surface area contributed by atoms with Gasteiger partial charge in [0, 0.05) is 16.6 Å². The molecule has 1 atom stereocenters. The minimum absolute atomic E-state index is 0.178. The minimum Gasteiger partial charge on any atom is -0.461 e. The number of hydrogen-bond acceptors (Lipinski definition) is 3. The number of halogens is 3. The first kappa shape index (κ1) is 26.6. The van der Waals surface area contributed by atoms with Gasteiger partial charge in [-0.15, -0.1) is 0 Å². The number of fused-ring (bicyclic) bond motifs is 3. The lowest BCUT2D eigenvalue weighted by molar-refractivity contribution is -0.150. The number of hydrogen-bond donors (Lipinski definition) is 0. The van der Waals surface area contributed by atoms with E-state index in [1.54, 1.807) is 47.0 Å². The van der Waals surface area contributed by atoms with Gasteiger partial charge in [0.15, 0.2) is 0 Å². The number of benzene rings is 4. The fraction of sp³-hybridized carbons (Fsp3) is 0.176. The van der Waals surface area contributed by atoms with E-state index in [0.717, 1.165) is 34.3 Å². The molecule has 1 heterocycles. The third-order valence-corrected chi connectivity index (χ3v) is 7.67. The van der Waals surface area contributed by atoms with Gasteiger partial charge in [-0.1, -0.05) is 66.7 Å². The molecule has 7 heteroatoms. The lowest BCUT2D eigenvalue weighted by atomic mass is 9.86. The standard InChI is InChI=1S/C34H26F3NO3/c35-34(36,37)27-13-7-12-24(18-27)25-14-16-30-28(19-25)29-20-26(33(40)41-21-22-8-3-1-4-9-22)15-17-31(29)38(30)32(39)23-10-5-2-6-11-23/h1-14,16,18-19,26H,15,17,20-21H2. The molecule has 0 spiro atoms. The molecule has 0 saturated heterocycles. The van der Waals surface area contributed by atoms with Crippen LogP contribution in [-0.4, -0.2) is 16.4 Å². The van der Waals surface area contributed by atoms with Gasteiger partial charge in [-0.2, -0.15) is 13.2 Å². The summed E-state index contributed by atoms with van der Waals surface area (Å²) in [6.07, 6.45) is -3.06. The number of carbonyl (C=O) groups is 2. The highest BCUT2D eigenvalue weighted by Crippen LogP contribution is 2.38. The van der Waals surface area contributed by atoms with E-state index < -0.39 is 17.7 Å². The molecule has 4 aromatic carbocycles. The zero-order valence-corrected chi connectivity index (χ0v) is 22.0. The topological polar surface area (TPSA) is 48.3 Å². The average molecular weight is 554 g/mol. The smallest absolute Gasteiger partial charge is 0.416 e. The van der Waals surface area contributed by atoms with E-state index in [2.05, 4.69) is 0 Å². The van der Waals surface area contributed by atoms with Gasteiger partial charge >= 0.3 is 12.1 Å². The van der Waals surface area contributed by atoms with Gasteiger partial charge in [-0.3, -0.25) is 14.2 Å². The highest BCUT2D eigenvalue weighted by Gasteiger charge is 2.33. The average Bonchev–Trinajstić information content (AvgIpc) is 3.33. The number of nitrogens with zero attached hydrogens (tertiary/aromatic N) is 1. The lowest BCUT2D eigenvalue weighted by Crippen LogP contribution is -2.26. The van der Waals surface area contributed by atoms with Crippen molar-refractivity contribution in [3.05, 3.63) is 131 Å². The molecule has 0 amide bonds. The van der Waals surface area contributed by atoms with Crippen LogP contribution in [-0.2, 0) is 35.2 Å². The fourth-order valence-electron chi connectivity index (χ4n) is 5.60. The van der Waals surface area contributed by atoms with Crippen LogP contribution in [0.4, 0.5) is 13.2 Å². The molecule has 0 radical (unpaired) electrons. The molecule has 206 valence electrons. The highest BCUT2D eigenvalue weighted by atomic mass is 19.4. The van der Waals surface area contributed by atoms with E-state index in [1.165, 1.54) is 6.07 Å². The Balaban J connectivity index is 1.40. The minimum atomic E-state index is -4.46. The molecule has 1 aliphatic carbocycles. The van der Waals surface area contributed by atoms with Crippen molar-refractivity contribution in [2.45, 2.75) is 32.0 Å². The summed E-state index contributed by atoms with van der Waals surface area (Å²) in [5, 5.41) is 0.750. The van der Waals surface area contributed by atoms with E-state index in [9.17, 15) is 22.8 Å². The molecule has 6 rings (SSSR count).